The number of rotatable bonds is 6. The van der Waals surface area contributed by atoms with Gasteiger partial charge in [0.05, 0.1) is 13.7 Å². The van der Waals surface area contributed by atoms with E-state index in [9.17, 15) is 9.59 Å². The number of methoxy groups -OCH3 is 1. The molecule has 1 rings (SSSR count). The summed E-state index contributed by atoms with van der Waals surface area (Å²) in [4.78, 5) is 23.7. The lowest BCUT2D eigenvalue weighted by atomic mass is 10.0. The molecular weight excluding hydrogens is 258 g/mol. The summed E-state index contributed by atoms with van der Waals surface area (Å²) in [6.45, 7) is 3.87. The van der Waals surface area contributed by atoms with Crippen molar-refractivity contribution >= 4 is 11.9 Å². The largest absolute Gasteiger partial charge is 0.467 e. The van der Waals surface area contributed by atoms with Crippen molar-refractivity contribution in [2.24, 2.45) is 5.92 Å². The summed E-state index contributed by atoms with van der Waals surface area (Å²) >= 11 is 0. The molecule has 1 atom stereocenters. The topological polar surface area (TPSA) is 75.6 Å². The van der Waals surface area contributed by atoms with Crippen LogP contribution >= 0.6 is 0 Å². The zero-order valence-electron chi connectivity index (χ0n) is 12.1. The molecule has 0 fully saturated rings. The predicted molar refractivity (Wildman–Crippen MR) is 75.1 cm³/mol. The molecule has 0 bridgehead atoms. The van der Waals surface area contributed by atoms with E-state index in [4.69, 9.17) is 9.84 Å². The normalized spacial score (nSPS) is 12.1. The second-order valence-corrected chi connectivity index (χ2v) is 5.03. The lowest BCUT2D eigenvalue weighted by molar-refractivity contribution is -0.143. The van der Waals surface area contributed by atoms with Gasteiger partial charge < -0.3 is 15.2 Å². The van der Waals surface area contributed by atoms with Gasteiger partial charge in [0.1, 0.15) is 6.04 Å². The molecular formula is C15H21NO4. The van der Waals surface area contributed by atoms with Gasteiger partial charge in [-0.05, 0) is 30.0 Å². The number of carbonyl (C=O) groups excluding carboxylic acids is 2. The summed E-state index contributed by atoms with van der Waals surface area (Å²) in [5.74, 6) is -0.513. The Labute approximate surface area is 118 Å². The van der Waals surface area contributed by atoms with E-state index in [-0.39, 0.29) is 18.4 Å². The van der Waals surface area contributed by atoms with E-state index in [1.807, 2.05) is 13.8 Å². The van der Waals surface area contributed by atoms with Gasteiger partial charge in [0.15, 0.2) is 0 Å². The van der Waals surface area contributed by atoms with Crippen LogP contribution in [0.4, 0.5) is 0 Å². The van der Waals surface area contributed by atoms with Crippen molar-refractivity contribution in [3.05, 3.63) is 35.4 Å². The fraction of sp³-hybridized carbons (Fsp3) is 0.467. The minimum absolute atomic E-state index is 0.0694. The van der Waals surface area contributed by atoms with E-state index in [1.165, 1.54) is 7.11 Å². The van der Waals surface area contributed by atoms with Crippen LogP contribution in [0.15, 0.2) is 24.3 Å². The Bertz CT molecular complexity index is 453. The molecule has 1 aromatic carbocycles. The van der Waals surface area contributed by atoms with Crippen molar-refractivity contribution in [3.63, 3.8) is 0 Å². The highest BCUT2D eigenvalue weighted by molar-refractivity contribution is 5.96. The van der Waals surface area contributed by atoms with Crippen LogP contribution in [0.5, 0.6) is 0 Å². The lowest BCUT2D eigenvalue weighted by Gasteiger charge is -2.18. The van der Waals surface area contributed by atoms with E-state index < -0.39 is 12.0 Å². The van der Waals surface area contributed by atoms with E-state index in [0.29, 0.717) is 12.0 Å². The molecule has 1 aromatic rings. The minimum atomic E-state index is -0.648. The zero-order valence-corrected chi connectivity index (χ0v) is 12.1. The highest BCUT2D eigenvalue weighted by atomic mass is 16.5. The van der Waals surface area contributed by atoms with Gasteiger partial charge in [0.2, 0.25) is 0 Å². The first kappa shape index (κ1) is 16.2. The standard InChI is InChI=1S/C15H21NO4/c1-10(2)8-13(15(19)20-3)16-14(18)12-6-4-11(9-17)5-7-12/h4-7,10,13,17H,8-9H2,1-3H3,(H,16,18). The maximum atomic E-state index is 12.1. The number of ether oxygens (including phenoxy) is 1. The average molecular weight is 279 g/mol. The lowest BCUT2D eigenvalue weighted by Crippen LogP contribution is -2.42. The molecule has 110 valence electrons. The molecule has 0 spiro atoms. The Balaban J connectivity index is 2.76. The van der Waals surface area contributed by atoms with E-state index in [1.54, 1.807) is 24.3 Å². The SMILES string of the molecule is COC(=O)C(CC(C)C)NC(=O)c1ccc(CO)cc1. The molecule has 5 nitrogen and oxygen atoms in total. The fourth-order valence-corrected chi connectivity index (χ4v) is 1.83. The Morgan fingerprint density at radius 1 is 1.25 bits per heavy atom. The van der Waals surface area contributed by atoms with Crippen LogP contribution < -0.4 is 5.32 Å². The Kier molecular flexibility index (Phi) is 6.18. The maximum absolute atomic E-state index is 12.1. The molecule has 0 aromatic heterocycles. The van der Waals surface area contributed by atoms with Gasteiger partial charge in [0.25, 0.3) is 5.91 Å². The Morgan fingerprint density at radius 3 is 2.30 bits per heavy atom. The zero-order chi connectivity index (χ0) is 15.1. The maximum Gasteiger partial charge on any atom is 0.328 e. The number of carbonyl (C=O) groups is 2. The molecule has 1 amide bonds. The van der Waals surface area contributed by atoms with Gasteiger partial charge in [-0.3, -0.25) is 4.79 Å². The summed E-state index contributed by atoms with van der Waals surface area (Å²) < 4.78 is 4.70. The minimum Gasteiger partial charge on any atom is -0.467 e. The molecule has 0 radical (unpaired) electrons. The third-order valence-corrected chi connectivity index (χ3v) is 2.90. The van der Waals surface area contributed by atoms with Crippen LogP contribution in [0.25, 0.3) is 0 Å². The second kappa shape index (κ2) is 7.65. The third-order valence-electron chi connectivity index (χ3n) is 2.90. The van der Waals surface area contributed by atoms with Crippen LogP contribution in [0.3, 0.4) is 0 Å². The number of benzene rings is 1. The molecule has 0 heterocycles. The molecule has 1 unspecified atom stereocenters. The molecule has 0 aliphatic carbocycles. The van der Waals surface area contributed by atoms with Crippen LogP contribution in [0, 0.1) is 5.92 Å². The Hall–Kier alpha value is -1.88. The van der Waals surface area contributed by atoms with Crippen molar-refractivity contribution in [2.75, 3.05) is 7.11 Å². The highest BCUT2D eigenvalue weighted by Gasteiger charge is 2.23. The number of aliphatic hydroxyl groups is 1. The molecule has 5 heteroatoms. The summed E-state index contributed by atoms with van der Waals surface area (Å²) in [6, 6.07) is 5.93. The van der Waals surface area contributed by atoms with Crippen LogP contribution in [0.2, 0.25) is 0 Å². The third kappa shape index (κ3) is 4.66. The van der Waals surface area contributed by atoms with Crippen LogP contribution in [-0.2, 0) is 16.1 Å². The van der Waals surface area contributed by atoms with E-state index in [0.717, 1.165) is 5.56 Å². The first-order valence-electron chi connectivity index (χ1n) is 6.56. The van der Waals surface area contributed by atoms with Crippen molar-refractivity contribution in [2.45, 2.75) is 32.9 Å². The first-order valence-corrected chi connectivity index (χ1v) is 6.56. The highest BCUT2D eigenvalue weighted by Crippen LogP contribution is 2.09. The molecule has 0 saturated heterocycles. The fourth-order valence-electron chi connectivity index (χ4n) is 1.83. The molecule has 2 N–H and O–H groups in total. The number of hydrogen-bond acceptors (Lipinski definition) is 4. The summed E-state index contributed by atoms with van der Waals surface area (Å²) in [6.07, 6.45) is 0.521. The first-order chi connectivity index (χ1) is 9.47. The van der Waals surface area contributed by atoms with Crippen LogP contribution in [-0.4, -0.2) is 30.1 Å². The number of amides is 1. The van der Waals surface area contributed by atoms with Gasteiger partial charge in [-0.2, -0.15) is 0 Å². The summed E-state index contributed by atoms with van der Waals surface area (Å²) in [5, 5.41) is 11.6. The molecule has 0 aliphatic heterocycles. The molecule has 0 aliphatic rings. The van der Waals surface area contributed by atoms with Crippen molar-refractivity contribution in [1.82, 2.24) is 5.32 Å². The number of nitrogens with one attached hydrogen (secondary N) is 1. The quantitative estimate of drug-likeness (QED) is 0.774. The average Bonchev–Trinajstić information content (AvgIpc) is 2.45. The van der Waals surface area contributed by atoms with Crippen LogP contribution in [0.1, 0.15) is 36.2 Å². The van der Waals surface area contributed by atoms with Crippen molar-refractivity contribution < 1.29 is 19.4 Å². The van der Waals surface area contributed by atoms with Crippen molar-refractivity contribution in [3.8, 4) is 0 Å². The second-order valence-electron chi connectivity index (χ2n) is 5.03. The van der Waals surface area contributed by atoms with E-state index in [2.05, 4.69) is 5.32 Å². The van der Waals surface area contributed by atoms with Gasteiger partial charge >= 0.3 is 5.97 Å². The monoisotopic (exact) mass is 279 g/mol. The van der Waals surface area contributed by atoms with Crippen molar-refractivity contribution in [1.29, 1.82) is 0 Å². The van der Waals surface area contributed by atoms with Gasteiger partial charge in [-0.25, -0.2) is 4.79 Å². The summed E-state index contributed by atoms with van der Waals surface area (Å²) in [5.41, 5.74) is 1.17. The number of esters is 1. The predicted octanol–water partition coefficient (Wildman–Crippen LogP) is 1.50. The molecule has 0 saturated carbocycles. The number of hydrogen-bond donors (Lipinski definition) is 2. The Morgan fingerprint density at radius 2 is 1.85 bits per heavy atom. The smallest absolute Gasteiger partial charge is 0.328 e. The van der Waals surface area contributed by atoms with Gasteiger partial charge in [0, 0.05) is 5.56 Å². The molecule has 20 heavy (non-hydrogen) atoms. The van der Waals surface area contributed by atoms with E-state index >= 15 is 0 Å². The van der Waals surface area contributed by atoms with Gasteiger partial charge in [-0.1, -0.05) is 26.0 Å². The summed E-state index contributed by atoms with van der Waals surface area (Å²) in [7, 11) is 1.30. The van der Waals surface area contributed by atoms with Gasteiger partial charge in [-0.15, -0.1) is 0 Å². The number of aliphatic hydroxyl groups excluding tert-OH is 1.